The van der Waals surface area contributed by atoms with Crippen molar-refractivity contribution in [2.75, 3.05) is 0 Å². The van der Waals surface area contributed by atoms with E-state index in [1.54, 1.807) is 0 Å². The first-order valence-electron chi connectivity index (χ1n) is 6.39. The SMILES string of the molecule is O=C(O)c1cc([N+](=O)[O-])ccc1Br.O=C(O)c1cc([N+](=O)[O-])ccc1Cl. The number of carbonyl (C=O) groups is 2. The maximum Gasteiger partial charge on any atom is 0.337 e. The highest BCUT2D eigenvalue weighted by Crippen LogP contribution is 2.22. The summed E-state index contributed by atoms with van der Waals surface area (Å²) in [5.74, 6) is -2.48. The van der Waals surface area contributed by atoms with Crippen molar-refractivity contribution in [1.29, 1.82) is 0 Å². The van der Waals surface area contributed by atoms with Crippen molar-refractivity contribution in [3.05, 3.63) is 77.2 Å². The number of carboxylic acid groups (broad SMARTS) is 2. The standard InChI is InChI=1S/C7H4BrNO4.C7H4ClNO4/c2*8-6-2-1-4(9(12)13)3-5(6)7(10)11/h2*1-3H,(H,10,11). The topological polar surface area (TPSA) is 161 Å². The number of carboxylic acids is 2. The Labute approximate surface area is 158 Å². The van der Waals surface area contributed by atoms with E-state index in [0.717, 1.165) is 18.2 Å². The molecule has 136 valence electrons. The zero-order valence-corrected chi connectivity index (χ0v) is 14.8. The Bertz CT molecular complexity index is 829. The van der Waals surface area contributed by atoms with Gasteiger partial charge in [-0.15, -0.1) is 0 Å². The monoisotopic (exact) mass is 446 g/mol. The second-order valence-corrected chi connectivity index (χ2v) is 5.71. The number of nitro groups is 2. The van der Waals surface area contributed by atoms with Crippen LogP contribution < -0.4 is 0 Å². The van der Waals surface area contributed by atoms with E-state index in [2.05, 4.69) is 15.9 Å². The lowest BCUT2D eigenvalue weighted by atomic mass is 10.2. The van der Waals surface area contributed by atoms with Crippen LogP contribution in [-0.2, 0) is 0 Å². The predicted molar refractivity (Wildman–Crippen MR) is 92.8 cm³/mol. The molecule has 2 aromatic rings. The van der Waals surface area contributed by atoms with Gasteiger partial charge in [-0.05, 0) is 28.1 Å². The van der Waals surface area contributed by atoms with E-state index < -0.39 is 21.8 Å². The highest BCUT2D eigenvalue weighted by atomic mass is 79.9. The first kappa shape index (κ1) is 21.0. The Kier molecular flexibility index (Phi) is 7.16. The highest BCUT2D eigenvalue weighted by molar-refractivity contribution is 9.10. The first-order valence-corrected chi connectivity index (χ1v) is 7.56. The van der Waals surface area contributed by atoms with Crippen LogP contribution in [0.5, 0.6) is 0 Å². The fraction of sp³-hybridized carbons (Fsp3) is 0. The Morgan fingerprint density at radius 1 is 0.885 bits per heavy atom. The van der Waals surface area contributed by atoms with E-state index in [1.165, 1.54) is 18.2 Å². The molecule has 12 heteroatoms. The summed E-state index contributed by atoms with van der Waals surface area (Å²) in [6, 6.07) is 6.83. The van der Waals surface area contributed by atoms with Crippen LogP contribution in [0.3, 0.4) is 0 Å². The van der Waals surface area contributed by atoms with Crippen molar-refractivity contribution >= 4 is 50.8 Å². The zero-order valence-electron chi connectivity index (χ0n) is 12.5. The lowest BCUT2D eigenvalue weighted by Gasteiger charge is -1.97. The molecule has 0 radical (unpaired) electrons. The third-order valence-corrected chi connectivity index (χ3v) is 3.80. The summed E-state index contributed by atoms with van der Waals surface area (Å²) in [5.41, 5.74) is -0.910. The molecule has 0 amide bonds. The Morgan fingerprint density at radius 2 is 1.31 bits per heavy atom. The fourth-order valence-corrected chi connectivity index (χ4v) is 2.20. The normalized spacial score (nSPS) is 9.62. The van der Waals surface area contributed by atoms with Gasteiger partial charge in [0.1, 0.15) is 0 Å². The third kappa shape index (κ3) is 5.50. The summed E-state index contributed by atoms with van der Waals surface area (Å²) in [4.78, 5) is 40.3. The smallest absolute Gasteiger partial charge is 0.337 e. The van der Waals surface area contributed by atoms with Crippen LogP contribution in [0.2, 0.25) is 5.02 Å². The van der Waals surface area contributed by atoms with Crippen molar-refractivity contribution in [3.63, 3.8) is 0 Å². The van der Waals surface area contributed by atoms with E-state index in [-0.39, 0.29) is 27.5 Å². The van der Waals surface area contributed by atoms with Crippen molar-refractivity contribution in [2.45, 2.75) is 0 Å². The second kappa shape index (κ2) is 8.87. The maximum absolute atomic E-state index is 10.5. The molecule has 2 aromatic carbocycles. The summed E-state index contributed by atoms with van der Waals surface area (Å²) < 4.78 is 0.325. The number of hydrogen-bond acceptors (Lipinski definition) is 6. The Morgan fingerprint density at radius 3 is 1.73 bits per heavy atom. The molecule has 0 spiro atoms. The van der Waals surface area contributed by atoms with E-state index in [9.17, 15) is 29.8 Å². The molecule has 0 saturated carbocycles. The van der Waals surface area contributed by atoms with Gasteiger partial charge >= 0.3 is 11.9 Å². The van der Waals surface area contributed by atoms with Gasteiger partial charge in [0.25, 0.3) is 11.4 Å². The quantitative estimate of drug-likeness (QED) is 0.525. The lowest BCUT2D eigenvalue weighted by Crippen LogP contribution is -1.99. The lowest BCUT2D eigenvalue weighted by molar-refractivity contribution is -0.385. The number of nitrogens with zero attached hydrogens (tertiary/aromatic N) is 2. The van der Waals surface area contributed by atoms with Crippen molar-refractivity contribution in [3.8, 4) is 0 Å². The third-order valence-electron chi connectivity index (χ3n) is 2.78. The van der Waals surface area contributed by atoms with Crippen LogP contribution >= 0.6 is 27.5 Å². The summed E-state index contributed by atoms with van der Waals surface area (Å²) in [5, 5.41) is 37.7. The highest BCUT2D eigenvalue weighted by Gasteiger charge is 2.15. The summed E-state index contributed by atoms with van der Waals surface area (Å²) in [7, 11) is 0. The molecule has 0 saturated heterocycles. The number of non-ortho nitro benzene ring substituents is 2. The Hall–Kier alpha value is -3.05. The predicted octanol–water partition coefficient (Wildman–Crippen LogP) is 4.00. The molecule has 0 aromatic heterocycles. The van der Waals surface area contributed by atoms with Gasteiger partial charge in [0, 0.05) is 28.7 Å². The van der Waals surface area contributed by atoms with Gasteiger partial charge in [-0.3, -0.25) is 20.2 Å². The van der Waals surface area contributed by atoms with Crippen LogP contribution in [0.15, 0.2) is 40.9 Å². The average molecular weight is 448 g/mol. The van der Waals surface area contributed by atoms with Crippen LogP contribution in [0.4, 0.5) is 11.4 Å². The van der Waals surface area contributed by atoms with Crippen LogP contribution in [0, 0.1) is 20.2 Å². The van der Waals surface area contributed by atoms with E-state index in [4.69, 9.17) is 21.8 Å². The zero-order chi connectivity index (χ0) is 20.0. The summed E-state index contributed by atoms with van der Waals surface area (Å²) >= 11 is 8.47. The van der Waals surface area contributed by atoms with Crippen molar-refractivity contribution in [2.24, 2.45) is 0 Å². The minimum atomic E-state index is -1.28. The molecule has 0 unspecified atom stereocenters. The minimum absolute atomic E-state index is 0.0156. The van der Waals surface area contributed by atoms with Gasteiger partial charge in [-0.2, -0.15) is 0 Å². The minimum Gasteiger partial charge on any atom is -0.478 e. The molecule has 10 nitrogen and oxygen atoms in total. The molecule has 0 aliphatic carbocycles. The molecular formula is C14H8BrClN2O8. The average Bonchev–Trinajstić information content (AvgIpc) is 2.55. The van der Waals surface area contributed by atoms with Gasteiger partial charge in [0.15, 0.2) is 0 Å². The number of rotatable bonds is 4. The maximum atomic E-state index is 10.5. The second-order valence-electron chi connectivity index (χ2n) is 4.45. The van der Waals surface area contributed by atoms with E-state index in [0.29, 0.717) is 4.47 Å². The van der Waals surface area contributed by atoms with Crippen LogP contribution in [0.25, 0.3) is 0 Å². The molecule has 0 aliphatic heterocycles. The molecule has 0 bridgehead atoms. The van der Waals surface area contributed by atoms with Gasteiger partial charge in [-0.25, -0.2) is 9.59 Å². The van der Waals surface area contributed by atoms with Gasteiger partial charge in [0.05, 0.1) is 26.0 Å². The summed E-state index contributed by atoms with van der Waals surface area (Å²) in [6.07, 6.45) is 0. The molecule has 0 heterocycles. The fourth-order valence-electron chi connectivity index (χ4n) is 1.58. The number of aromatic carboxylic acids is 2. The number of halogens is 2. The molecule has 2 N–H and O–H groups in total. The largest absolute Gasteiger partial charge is 0.478 e. The van der Waals surface area contributed by atoms with Crippen LogP contribution in [0.1, 0.15) is 20.7 Å². The number of benzene rings is 2. The van der Waals surface area contributed by atoms with E-state index >= 15 is 0 Å². The van der Waals surface area contributed by atoms with Crippen molar-refractivity contribution < 1.29 is 29.6 Å². The Balaban J connectivity index is 0.000000260. The molecule has 26 heavy (non-hydrogen) atoms. The summed E-state index contributed by atoms with van der Waals surface area (Å²) in [6.45, 7) is 0. The van der Waals surface area contributed by atoms with Crippen LogP contribution in [-0.4, -0.2) is 32.0 Å². The van der Waals surface area contributed by atoms with E-state index in [1.807, 2.05) is 0 Å². The van der Waals surface area contributed by atoms with Gasteiger partial charge in [0.2, 0.25) is 0 Å². The molecule has 0 fully saturated rings. The molecular weight excluding hydrogens is 440 g/mol. The molecule has 2 rings (SSSR count). The van der Waals surface area contributed by atoms with Gasteiger partial charge < -0.3 is 10.2 Å². The van der Waals surface area contributed by atoms with Gasteiger partial charge in [-0.1, -0.05) is 11.6 Å². The molecule has 0 atom stereocenters. The molecule has 0 aliphatic rings. The first-order chi connectivity index (χ1) is 12.0. The van der Waals surface area contributed by atoms with Crippen molar-refractivity contribution in [1.82, 2.24) is 0 Å². The number of nitro benzene ring substituents is 2. The number of hydrogen-bond donors (Lipinski definition) is 2.